The van der Waals surface area contributed by atoms with Crippen LogP contribution in [0.3, 0.4) is 0 Å². The predicted octanol–water partition coefficient (Wildman–Crippen LogP) is 3.76. The first-order valence-corrected chi connectivity index (χ1v) is 14.5. The van der Waals surface area contributed by atoms with E-state index in [9.17, 15) is 14.4 Å². The smallest absolute Gasteiger partial charge is 0.248 e. The molecule has 1 aliphatic carbocycles. The SMILES string of the molecule is COc1cc2c(c(OC)c1OC)-c1ccc(N[C@@H](CCSC)C(=O)Nc3ccn[nH]3)c(=O)cc1[C@@H](NC(C)=O)CC2. The monoisotopic (exact) mass is 581 g/mol. The third-order valence-corrected chi connectivity index (χ3v) is 7.58. The lowest BCUT2D eigenvalue weighted by atomic mass is 9.95. The van der Waals surface area contributed by atoms with Gasteiger partial charge in [0.15, 0.2) is 11.5 Å². The first kappa shape index (κ1) is 29.8. The number of amides is 2. The maximum atomic E-state index is 13.7. The van der Waals surface area contributed by atoms with Gasteiger partial charge in [-0.3, -0.25) is 19.5 Å². The number of nitrogens with one attached hydrogen (secondary N) is 4. The Bertz CT molecular complexity index is 1460. The minimum Gasteiger partial charge on any atom is -0.493 e. The van der Waals surface area contributed by atoms with Crippen LogP contribution in [0.4, 0.5) is 11.5 Å². The Labute approximate surface area is 242 Å². The number of ether oxygens (including phenoxy) is 3. The lowest BCUT2D eigenvalue weighted by molar-refractivity contribution is -0.120. The van der Waals surface area contributed by atoms with E-state index in [1.165, 1.54) is 20.1 Å². The summed E-state index contributed by atoms with van der Waals surface area (Å²) in [6.45, 7) is 1.45. The normalized spacial score (nSPS) is 14.5. The van der Waals surface area contributed by atoms with Gasteiger partial charge < -0.3 is 30.2 Å². The number of benzene rings is 1. The number of hydrogen-bond acceptors (Lipinski definition) is 9. The van der Waals surface area contributed by atoms with E-state index < -0.39 is 12.1 Å². The molecule has 1 aromatic heterocycles. The maximum Gasteiger partial charge on any atom is 0.248 e. The van der Waals surface area contributed by atoms with Gasteiger partial charge in [0.05, 0.1) is 39.3 Å². The van der Waals surface area contributed by atoms with Gasteiger partial charge in [-0.1, -0.05) is 6.07 Å². The number of carbonyl (C=O) groups excluding carboxylic acids is 2. The summed E-state index contributed by atoms with van der Waals surface area (Å²) < 4.78 is 17.1. The van der Waals surface area contributed by atoms with Crippen LogP contribution < -0.4 is 35.6 Å². The average molecular weight is 582 g/mol. The molecule has 218 valence electrons. The van der Waals surface area contributed by atoms with Crippen molar-refractivity contribution in [3.63, 3.8) is 0 Å². The summed E-state index contributed by atoms with van der Waals surface area (Å²) in [7, 11) is 4.65. The van der Waals surface area contributed by atoms with E-state index in [1.807, 2.05) is 18.4 Å². The minimum absolute atomic E-state index is 0.209. The number of fused-ring (bicyclic) bond motifs is 3. The van der Waals surface area contributed by atoms with Gasteiger partial charge in [-0.15, -0.1) is 0 Å². The van der Waals surface area contributed by atoms with E-state index in [0.717, 1.165) is 11.1 Å². The number of aryl methyl sites for hydroxylation is 1. The molecule has 11 nitrogen and oxygen atoms in total. The maximum absolute atomic E-state index is 13.7. The highest BCUT2D eigenvalue weighted by molar-refractivity contribution is 7.98. The first-order valence-electron chi connectivity index (χ1n) is 13.1. The standard InChI is InChI=1S/C29H35N5O6S/c1-16(35)31-20-8-6-17-14-24(38-2)27(39-3)28(40-4)26(17)18-7-9-21(23(36)15-19(18)20)32-22(11-13-41-5)29(37)33-25-10-12-30-34-25/h7,9-10,12,14-15,20,22H,6,8,11,13H2,1-5H3,(H,31,35)(H,32,36)(H2,30,33,34,37)/t20-,22-/m0/s1. The molecule has 0 radical (unpaired) electrons. The first-order chi connectivity index (χ1) is 19.8. The number of thioether (sulfide) groups is 1. The van der Waals surface area contributed by atoms with Gasteiger partial charge in [-0.2, -0.15) is 16.9 Å². The predicted molar refractivity (Wildman–Crippen MR) is 160 cm³/mol. The number of rotatable bonds is 11. The average Bonchev–Trinajstić information content (AvgIpc) is 3.36. The summed E-state index contributed by atoms with van der Waals surface area (Å²) in [5.74, 6) is 2.08. The zero-order chi connectivity index (χ0) is 29.5. The van der Waals surface area contributed by atoms with E-state index >= 15 is 0 Å². The van der Waals surface area contributed by atoms with Crippen LogP contribution in [-0.2, 0) is 16.0 Å². The van der Waals surface area contributed by atoms with Gasteiger partial charge in [0.25, 0.3) is 0 Å². The van der Waals surface area contributed by atoms with Crippen LogP contribution >= 0.6 is 11.8 Å². The van der Waals surface area contributed by atoms with Gasteiger partial charge in [0, 0.05) is 18.6 Å². The topological polar surface area (TPSA) is 144 Å². The van der Waals surface area contributed by atoms with Gasteiger partial charge >= 0.3 is 0 Å². The summed E-state index contributed by atoms with van der Waals surface area (Å²) in [6, 6.07) is 7.47. The van der Waals surface area contributed by atoms with Crippen LogP contribution in [0.15, 0.2) is 41.3 Å². The molecule has 2 amide bonds. The van der Waals surface area contributed by atoms with Crippen LogP contribution in [0.1, 0.15) is 36.9 Å². The van der Waals surface area contributed by atoms with Crippen molar-refractivity contribution < 1.29 is 23.8 Å². The summed E-state index contributed by atoms with van der Waals surface area (Å²) in [5, 5.41) is 15.6. The molecule has 0 bridgehead atoms. The lowest BCUT2D eigenvalue weighted by Gasteiger charge is -2.19. The third-order valence-electron chi connectivity index (χ3n) is 6.93. The highest BCUT2D eigenvalue weighted by Crippen LogP contribution is 2.50. The van der Waals surface area contributed by atoms with E-state index in [0.29, 0.717) is 59.2 Å². The Morgan fingerprint density at radius 1 is 1.12 bits per heavy atom. The number of aromatic amines is 1. The molecule has 4 N–H and O–H groups in total. The summed E-state index contributed by atoms with van der Waals surface area (Å²) in [4.78, 5) is 39.0. The molecular formula is C29H35N5O6S. The summed E-state index contributed by atoms with van der Waals surface area (Å²) in [5.41, 5.74) is 2.98. The molecule has 0 saturated heterocycles. The fraction of sp³-hybridized carbons (Fsp3) is 0.379. The minimum atomic E-state index is -0.682. The number of H-pyrrole nitrogens is 1. The Morgan fingerprint density at radius 3 is 2.54 bits per heavy atom. The molecule has 41 heavy (non-hydrogen) atoms. The Morgan fingerprint density at radius 2 is 1.90 bits per heavy atom. The molecule has 0 saturated carbocycles. The van der Waals surface area contributed by atoms with Crippen LogP contribution in [0.2, 0.25) is 0 Å². The second-order valence-corrected chi connectivity index (χ2v) is 10.5. The molecule has 0 spiro atoms. The van der Waals surface area contributed by atoms with Crippen molar-refractivity contribution in [1.82, 2.24) is 15.5 Å². The highest BCUT2D eigenvalue weighted by atomic mass is 32.2. The molecule has 1 heterocycles. The van der Waals surface area contributed by atoms with Crippen LogP contribution in [0.25, 0.3) is 11.1 Å². The zero-order valence-corrected chi connectivity index (χ0v) is 24.6. The van der Waals surface area contributed by atoms with Crippen molar-refractivity contribution in [2.24, 2.45) is 0 Å². The highest BCUT2D eigenvalue weighted by Gasteiger charge is 2.30. The number of anilines is 2. The Kier molecular flexibility index (Phi) is 9.77. The molecule has 0 fully saturated rings. The molecule has 0 aliphatic heterocycles. The van der Waals surface area contributed by atoms with E-state index in [-0.39, 0.29) is 22.9 Å². The van der Waals surface area contributed by atoms with Crippen molar-refractivity contribution in [2.45, 2.75) is 38.3 Å². The Balaban J connectivity index is 1.86. The van der Waals surface area contributed by atoms with Gasteiger partial charge in [0.1, 0.15) is 11.9 Å². The second-order valence-electron chi connectivity index (χ2n) is 9.53. The number of nitrogens with zero attached hydrogens (tertiary/aromatic N) is 1. The lowest BCUT2D eigenvalue weighted by Crippen LogP contribution is -2.36. The van der Waals surface area contributed by atoms with E-state index in [1.54, 1.807) is 44.3 Å². The van der Waals surface area contributed by atoms with Crippen LogP contribution in [0, 0.1) is 0 Å². The van der Waals surface area contributed by atoms with Crippen LogP contribution in [-0.4, -0.2) is 61.4 Å². The largest absolute Gasteiger partial charge is 0.493 e. The van der Waals surface area contributed by atoms with Crippen molar-refractivity contribution in [3.05, 3.63) is 57.9 Å². The molecular weight excluding hydrogens is 546 g/mol. The fourth-order valence-electron chi connectivity index (χ4n) is 5.06. The molecule has 2 atom stereocenters. The van der Waals surface area contributed by atoms with Crippen molar-refractivity contribution in [3.8, 4) is 28.4 Å². The van der Waals surface area contributed by atoms with Crippen molar-refractivity contribution in [1.29, 1.82) is 0 Å². The number of methoxy groups -OCH3 is 3. The molecule has 1 aliphatic rings. The third kappa shape index (κ3) is 6.59. The van der Waals surface area contributed by atoms with E-state index in [4.69, 9.17) is 14.2 Å². The summed E-state index contributed by atoms with van der Waals surface area (Å²) in [6.07, 6.45) is 5.13. The molecule has 0 unspecified atom stereocenters. The van der Waals surface area contributed by atoms with Crippen LogP contribution in [0.5, 0.6) is 17.2 Å². The summed E-state index contributed by atoms with van der Waals surface area (Å²) >= 11 is 1.61. The molecule has 4 rings (SSSR count). The molecule has 3 aromatic rings. The van der Waals surface area contributed by atoms with Crippen molar-refractivity contribution >= 4 is 35.1 Å². The number of hydrogen-bond donors (Lipinski definition) is 4. The molecule has 12 heteroatoms. The quantitative estimate of drug-likeness (QED) is 0.266. The Hall–Kier alpha value is -4.19. The molecule has 2 aromatic carbocycles. The second kappa shape index (κ2) is 13.4. The number of aromatic nitrogens is 2. The number of carbonyl (C=O) groups is 2. The zero-order valence-electron chi connectivity index (χ0n) is 23.8. The van der Waals surface area contributed by atoms with Gasteiger partial charge in [0.2, 0.25) is 23.0 Å². The fourth-order valence-corrected chi connectivity index (χ4v) is 5.54. The van der Waals surface area contributed by atoms with E-state index in [2.05, 4.69) is 26.1 Å². The van der Waals surface area contributed by atoms with Gasteiger partial charge in [-0.05, 0) is 66.2 Å². The van der Waals surface area contributed by atoms with Gasteiger partial charge in [-0.25, -0.2) is 0 Å². The van der Waals surface area contributed by atoms with Crippen molar-refractivity contribution in [2.75, 3.05) is 44.0 Å².